The van der Waals surface area contributed by atoms with E-state index >= 15 is 0 Å². The molecular formula is C32H35N3O7. The Morgan fingerprint density at radius 2 is 1.52 bits per heavy atom. The molecule has 0 unspecified atom stereocenters. The molecule has 2 N–H and O–H groups in total. The van der Waals surface area contributed by atoms with Crippen molar-refractivity contribution in [1.82, 2.24) is 15.1 Å². The molecule has 4 aromatic rings. The van der Waals surface area contributed by atoms with Crippen molar-refractivity contribution in [2.75, 3.05) is 42.1 Å². The van der Waals surface area contributed by atoms with Gasteiger partial charge in [0.15, 0.2) is 23.0 Å². The van der Waals surface area contributed by atoms with Gasteiger partial charge in [-0.2, -0.15) is 5.10 Å². The van der Waals surface area contributed by atoms with Gasteiger partial charge in [0.25, 0.3) is 5.91 Å². The van der Waals surface area contributed by atoms with E-state index in [-0.39, 0.29) is 11.7 Å². The summed E-state index contributed by atoms with van der Waals surface area (Å²) in [6.07, 6.45) is 0.550. The van der Waals surface area contributed by atoms with Crippen molar-refractivity contribution in [3.05, 3.63) is 76.0 Å². The predicted molar refractivity (Wildman–Crippen MR) is 157 cm³/mol. The molecule has 3 aromatic carbocycles. The van der Waals surface area contributed by atoms with E-state index in [0.29, 0.717) is 64.2 Å². The Bertz CT molecular complexity index is 1600. The first-order valence-electron chi connectivity index (χ1n) is 13.5. The molecule has 220 valence electrons. The van der Waals surface area contributed by atoms with E-state index in [0.717, 1.165) is 22.3 Å². The van der Waals surface area contributed by atoms with Crippen LogP contribution in [0.3, 0.4) is 0 Å². The average Bonchev–Trinajstić information content (AvgIpc) is 3.52. The van der Waals surface area contributed by atoms with Crippen molar-refractivity contribution in [2.45, 2.75) is 26.3 Å². The van der Waals surface area contributed by atoms with Gasteiger partial charge in [0.1, 0.15) is 17.1 Å². The van der Waals surface area contributed by atoms with E-state index in [1.165, 1.54) is 0 Å². The van der Waals surface area contributed by atoms with Gasteiger partial charge in [0, 0.05) is 17.7 Å². The minimum Gasteiger partial charge on any atom is -0.507 e. The number of phenols is 1. The summed E-state index contributed by atoms with van der Waals surface area (Å²) >= 11 is 0. The maximum Gasteiger partial charge on any atom is 0.273 e. The van der Waals surface area contributed by atoms with Crippen LogP contribution in [0.2, 0.25) is 0 Å². The highest BCUT2D eigenvalue weighted by atomic mass is 16.5. The fourth-order valence-electron chi connectivity index (χ4n) is 5.76. The molecule has 0 fully saturated rings. The highest BCUT2D eigenvalue weighted by Gasteiger charge is 2.43. The minimum atomic E-state index is -0.560. The van der Waals surface area contributed by atoms with Crippen LogP contribution in [0.25, 0.3) is 11.3 Å². The van der Waals surface area contributed by atoms with Crippen LogP contribution in [0.4, 0.5) is 0 Å². The van der Waals surface area contributed by atoms with Crippen LogP contribution in [-0.4, -0.2) is 68.2 Å². The normalized spacial score (nSPS) is 14.1. The van der Waals surface area contributed by atoms with Gasteiger partial charge in [0.05, 0.1) is 41.6 Å². The van der Waals surface area contributed by atoms with Crippen LogP contribution in [0.1, 0.15) is 44.3 Å². The van der Waals surface area contributed by atoms with Gasteiger partial charge >= 0.3 is 0 Å². The smallest absolute Gasteiger partial charge is 0.273 e. The van der Waals surface area contributed by atoms with Crippen molar-refractivity contribution < 1.29 is 33.6 Å². The third-order valence-electron chi connectivity index (χ3n) is 7.65. The Hall–Kier alpha value is -4.86. The molecule has 1 aromatic heterocycles. The second-order valence-electron chi connectivity index (χ2n) is 10.1. The summed E-state index contributed by atoms with van der Waals surface area (Å²) in [6, 6.07) is 12.5. The third kappa shape index (κ3) is 4.82. The first-order chi connectivity index (χ1) is 20.3. The first kappa shape index (κ1) is 28.7. The van der Waals surface area contributed by atoms with Gasteiger partial charge < -0.3 is 33.7 Å². The highest BCUT2D eigenvalue weighted by molar-refractivity contribution is 6.00. The van der Waals surface area contributed by atoms with Crippen LogP contribution in [-0.2, 0) is 6.42 Å². The lowest BCUT2D eigenvalue weighted by Gasteiger charge is -2.28. The van der Waals surface area contributed by atoms with E-state index in [9.17, 15) is 9.90 Å². The molecular weight excluding hydrogens is 538 g/mol. The topological polar surface area (TPSA) is 115 Å². The number of aromatic amines is 1. The summed E-state index contributed by atoms with van der Waals surface area (Å²) in [5.41, 5.74) is 5.63. The summed E-state index contributed by atoms with van der Waals surface area (Å²) < 4.78 is 27.7. The van der Waals surface area contributed by atoms with Crippen molar-refractivity contribution in [2.24, 2.45) is 0 Å². The number of benzene rings is 3. The lowest BCUT2D eigenvalue weighted by molar-refractivity contribution is 0.0745. The van der Waals surface area contributed by atoms with Crippen molar-refractivity contribution in [3.63, 3.8) is 0 Å². The molecule has 0 saturated carbocycles. The number of carbonyl (C=O) groups is 1. The van der Waals surface area contributed by atoms with Gasteiger partial charge in [0.2, 0.25) is 5.75 Å². The Balaban J connectivity index is 1.65. The SMILES string of the molecule is COc1ccc(CCN2C(=O)c3[nH]nc(-c4c(C)cc(C)cc4O)c3[C@@H]2c2cc(OC)c(OC)c(OC)c2)cc1OC. The Labute approximate surface area is 244 Å². The molecule has 0 radical (unpaired) electrons. The van der Waals surface area contributed by atoms with Crippen LogP contribution in [0, 0.1) is 13.8 Å². The van der Waals surface area contributed by atoms with Crippen LogP contribution in [0.15, 0.2) is 42.5 Å². The standard InChI is InChI=1S/C32H35N3O7/c1-17-12-18(2)26(21(36)13-17)28-27-29(34-33-28)32(37)35(11-10-19-8-9-22(38-3)23(14-19)39-4)30(27)20-15-24(40-5)31(42-7)25(16-20)41-6/h8-9,12-16,30,36H,10-11H2,1-7H3,(H,33,34)/t30-/m0/s1. The minimum absolute atomic E-state index is 0.0988. The number of carbonyl (C=O) groups excluding carboxylic acids is 1. The molecule has 0 aliphatic carbocycles. The number of hydrogen-bond acceptors (Lipinski definition) is 8. The van der Waals surface area contributed by atoms with Crippen LogP contribution in [0.5, 0.6) is 34.5 Å². The second kappa shape index (κ2) is 11.6. The number of ether oxygens (including phenoxy) is 5. The summed E-state index contributed by atoms with van der Waals surface area (Å²) in [7, 11) is 7.84. The molecule has 1 amide bonds. The number of aromatic nitrogens is 2. The average molecular weight is 574 g/mol. The third-order valence-corrected chi connectivity index (χ3v) is 7.65. The zero-order valence-corrected chi connectivity index (χ0v) is 24.8. The number of amides is 1. The van der Waals surface area contributed by atoms with Gasteiger partial charge in [-0.1, -0.05) is 12.1 Å². The van der Waals surface area contributed by atoms with E-state index in [4.69, 9.17) is 23.7 Å². The zero-order valence-electron chi connectivity index (χ0n) is 24.8. The number of H-pyrrole nitrogens is 1. The molecule has 5 rings (SSSR count). The molecule has 0 saturated heterocycles. The van der Waals surface area contributed by atoms with E-state index < -0.39 is 6.04 Å². The van der Waals surface area contributed by atoms with Crippen LogP contribution < -0.4 is 23.7 Å². The van der Waals surface area contributed by atoms with Crippen LogP contribution >= 0.6 is 0 Å². The molecule has 10 nitrogen and oxygen atoms in total. The van der Waals surface area contributed by atoms with Crippen molar-refractivity contribution >= 4 is 5.91 Å². The summed E-state index contributed by atoms with van der Waals surface area (Å²) in [4.78, 5) is 15.8. The second-order valence-corrected chi connectivity index (χ2v) is 10.1. The fraction of sp³-hybridized carbons (Fsp3) is 0.312. The molecule has 10 heteroatoms. The largest absolute Gasteiger partial charge is 0.507 e. The van der Waals surface area contributed by atoms with Gasteiger partial charge in [-0.15, -0.1) is 0 Å². The number of fused-ring (bicyclic) bond motifs is 1. The number of rotatable bonds is 10. The number of aryl methyl sites for hydroxylation is 2. The zero-order chi connectivity index (χ0) is 30.1. The maximum absolute atomic E-state index is 14.0. The van der Waals surface area contributed by atoms with Crippen molar-refractivity contribution in [1.29, 1.82) is 0 Å². The lowest BCUT2D eigenvalue weighted by atomic mass is 9.92. The first-order valence-corrected chi connectivity index (χ1v) is 13.5. The van der Waals surface area contributed by atoms with Crippen molar-refractivity contribution in [3.8, 4) is 45.8 Å². The molecule has 0 bridgehead atoms. The number of nitrogens with zero attached hydrogens (tertiary/aromatic N) is 2. The number of methoxy groups -OCH3 is 5. The highest BCUT2D eigenvalue weighted by Crippen LogP contribution is 2.49. The predicted octanol–water partition coefficient (Wildman–Crippen LogP) is 5.23. The Kier molecular flexibility index (Phi) is 7.89. The molecule has 1 aliphatic rings. The molecule has 1 aliphatic heterocycles. The van der Waals surface area contributed by atoms with Gasteiger partial charge in [-0.05, 0) is 72.9 Å². The van der Waals surface area contributed by atoms with Gasteiger partial charge in [-0.25, -0.2) is 0 Å². The summed E-state index contributed by atoms with van der Waals surface area (Å²) in [5.74, 6) is 2.52. The van der Waals surface area contributed by atoms with E-state index in [1.54, 1.807) is 46.5 Å². The monoisotopic (exact) mass is 573 g/mol. The molecule has 0 spiro atoms. The maximum atomic E-state index is 14.0. The summed E-state index contributed by atoms with van der Waals surface area (Å²) in [5, 5.41) is 18.5. The quantitative estimate of drug-likeness (QED) is 0.265. The number of hydrogen-bond donors (Lipinski definition) is 2. The number of nitrogens with one attached hydrogen (secondary N) is 1. The Morgan fingerprint density at radius 1 is 0.857 bits per heavy atom. The number of aromatic hydroxyl groups is 1. The fourth-order valence-corrected chi connectivity index (χ4v) is 5.76. The molecule has 1 atom stereocenters. The molecule has 2 heterocycles. The van der Waals surface area contributed by atoms with E-state index in [1.807, 2.05) is 50.2 Å². The van der Waals surface area contributed by atoms with Gasteiger partial charge in [-0.3, -0.25) is 9.89 Å². The van der Waals surface area contributed by atoms with E-state index in [2.05, 4.69) is 10.2 Å². The molecule has 42 heavy (non-hydrogen) atoms. The number of phenolic OH excluding ortho intramolecular Hbond substituents is 1. The lowest BCUT2D eigenvalue weighted by Crippen LogP contribution is -2.31. The Morgan fingerprint density at radius 3 is 2.12 bits per heavy atom. The summed E-state index contributed by atoms with van der Waals surface area (Å²) in [6.45, 7) is 4.23.